The maximum atomic E-state index is 12.5. The summed E-state index contributed by atoms with van der Waals surface area (Å²) in [6, 6.07) is 3.18. The molecular formula is C15H15BrN4O3. The second-order valence-corrected chi connectivity index (χ2v) is 6.17. The molecule has 120 valence electrons. The first-order valence-corrected chi connectivity index (χ1v) is 8.03. The number of nitrogens with one attached hydrogen (secondary N) is 1. The number of likely N-dealkylation sites (tertiary alicyclic amines) is 1. The molecule has 1 amide bonds. The van der Waals surface area contributed by atoms with Gasteiger partial charge in [-0.3, -0.25) is 9.59 Å². The minimum absolute atomic E-state index is 0.119. The van der Waals surface area contributed by atoms with E-state index in [1.54, 1.807) is 17.3 Å². The van der Waals surface area contributed by atoms with E-state index in [0.29, 0.717) is 24.7 Å². The van der Waals surface area contributed by atoms with Crippen LogP contribution >= 0.6 is 15.9 Å². The van der Waals surface area contributed by atoms with E-state index in [2.05, 4.69) is 30.9 Å². The van der Waals surface area contributed by atoms with Gasteiger partial charge in [0.2, 0.25) is 5.56 Å². The molecule has 1 unspecified atom stereocenters. The molecule has 0 radical (unpaired) electrons. The highest BCUT2D eigenvalue weighted by Gasteiger charge is 2.26. The molecule has 1 aliphatic heterocycles. The summed E-state index contributed by atoms with van der Waals surface area (Å²) < 4.78 is 6.53. The van der Waals surface area contributed by atoms with Crippen molar-refractivity contribution >= 4 is 21.8 Å². The molecular weight excluding hydrogens is 364 g/mol. The SMILES string of the molecule is O=C(c1ccc(=O)[nH]c1)N1CCCC(Oc2ncc(Br)cn2)C1. The van der Waals surface area contributed by atoms with Crippen LogP contribution in [0.25, 0.3) is 0 Å². The molecule has 23 heavy (non-hydrogen) atoms. The Labute approximate surface area is 140 Å². The van der Waals surface area contributed by atoms with Crippen LogP contribution in [0.3, 0.4) is 0 Å². The molecule has 2 aromatic rings. The molecule has 1 atom stereocenters. The summed E-state index contributed by atoms with van der Waals surface area (Å²) in [5, 5.41) is 0. The van der Waals surface area contributed by atoms with Crippen LogP contribution in [0.1, 0.15) is 23.2 Å². The largest absolute Gasteiger partial charge is 0.458 e. The van der Waals surface area contributed by atoms with Crippen molar-refractivity contribution in [3.63, 3.8) is 0 Å². The number of aromatic nitrogens is 3. The molecule has 2 aromatic heterocycles. The fraction of sp³-hybridized carbons (Fsp3) is 0.333. The van der Waals surface area contributed by atoms with Gasteiger partial charge in [0.05, 0.1) is 16.6 Å². The molecule has 1 aliphatic rings. The third kappa shape index (κ3) is 3.95. The minimum Gasteiger partial charge on any atom is -0.458 e. The van der Waals surface area contributed by atoms with E-state index >= 15 is 0 Å². The fourth-order valence-electron chi connectivity index (χ4n) is 2.46. The third-order valence-electron chi connectivity index (χ3n) is 3.57. The van der Waals surface area contributed by atoms with Crippen LogP contribution < -0.4 is 10.3 Å². The number of pyridine rings is 1. The van der Waals surface area contributed by atoms with Gasteiger partial charge >= 0.3 is 6.01 Å². The lowest BCUT2D eigenvalue weighted by atomic mass is 10.1. The predicted octanol–water partition coefficient (Wildman–Crippen LogP) is 1.61. The smallest absolute Gasteiger partial charge is 0.316 e. The lowest BCUT2D eigenvalue weighted by Crippen LogP contribution is -2.44. The van der Waals surface area contributed by atoms with Gasteiger partial charge in [-0.2, -0.15) is 0 Å². The first kappa shape index (κ1) is 15.7. The standard InChI is InChI=1S/C15H15BrN4O3/c16-11-7-18-15(19-8-11)23-12-2-1-5-20(9-12)14(22)10-3-4-13(21)17-6-10/h3-4,6-8,12H,1-2,5,9H2,(H,17,21). The first-order chi connectivity index (χ1) is 11.1. The molecule has 1 fully saturated rings. The van der Waals surface area contributed by atoms with Gasteiger partial charge in [0.25, 0.3) is 5.91 Å². The zero-order chi connectivity index (χ0) is 16.2. The van der Waals surface area contributed by atoms with E-state index in [-0.39, 0.29) is 17.6 Å². The van der Waals surface area contributed by atoms with Gasteiger partial charge in [0.15, 0.2) is 0 Å². The van der Waals surface area contributed by atoms with Crippen molar-refractivity contribution in [2.75, 3.05) is 13.1 Å². The van der Waals surface area contributed by atoms with Crippen LogP contribution in [0.4, 0.5) is 0 Å². The van der Waals surface area contributed by atoms with E-state index < -0.39 is 0 Å². The van der Waals surface area contributed by atoms with Crippen LogP contribution in [-0.4, -0.2) is 45.0 Å². The van der Waals surface area contributed by atoms with Crippen LogP contribution in [0.2, 0.25) is 0 Å². The molecule has 7 nitrogen and oxygen atoms in total. The number of ether oxygens (including phenoxy) is 1. The predicted molar refractivity (Wildman–Crippen MR) is 86.3 cm³/mol. The maximum Gasteiger partial charge on any atom is 0.316 e. The van der Waals surface area contributed by atoms with Gasteiger partial charge in [-0.15, -0.1) is 0 Å². The van der Waals surface area contributed by atoms with Crippen LogP contribution in [-0.2, 0) is 0 Å². The number of H-pyrrole nitrogens is 1. The first-order valence-electron chi connectivity index (χ1n) is 7.24. The van der Waals surface area contributed by atoms with Crippen LogP contribution in [0.15, 0.2) is 40.0 Å². The van der Waals surface area contributed by atoms with E-state index in [1.807, 2.05) is 0 Å². The van der Waals surface area contributed by atoms with Gasteiger partial charge in [-0.05, 0) is 34.8 Å². The summed E-state index contributed by atoms with van der Waals surface area (Å²) in [6.07, 6.45) is 6.22. The number of carbonyl (C=O) groups excluding carboxylic acids is 1. The lowest BCUT2D eigenvalue weighted by molar-refractivity contribution is 0.0515. The molecule has 0 spiro atoms. The summed E-state index contributed by atoms with van der Waals surface area (Å²) >= 11 is 3.27. The second kappa shape index (κ2) is 6.91. The van der Waals surface area contributed by atoms with Crippen molar-refractivity contribution in [1.82, 2.24) is 19.9 Å². The Morgan fingerprint density at radius 3 is 2.83 bits per heavy atom. The molecule has 0 bridgehead atoms. The number of rotatable bonds is 3. The molecule has 1 saturated heterocycles. The number of aromatic amines is 1. The number of amides is 1. The van der Waals surface area contributed by atoms with Gasteiger partial charge in [0, 0.05) is 31.2 Å². The van der Waals surface area contributed by atoms with Crippen molar-refractivity contribution in [3.8, 4) is 6.01 Å². The van der Waals surface area contributed by atoms with Gasteiger partial charge in [-0.25, -0.2) is 9.97 Å². The number of halogens is 1. The summed E-state index contributed by atoms with van der Waals surface area (Å²) in [5.74, 6) is -0.119. The average Bonchev–Trinajstić information content (AvgIpc) is 2.57. The normalized spacial score (nSPS) is 17.8. The van der Waals surface area contributed by atoms with Crippen molar-refractivity contribution in [3.05, 3.63) is 51.1 Å². The van der Waals surface area contributed by atoms with E-state index in [0.717, 1.165) is 17.3 Å². The van der Waals surface area contributed by atoms with Gasteiger partial charge in [0.1, 0.15) is 6.10 Å². The Hall–Kier alpha value is -2.22. The third-order valence-corrected chi connectivity index (χ3v) is 3.97. The Morgan fingerprint density at radius 1 is 1.35 bits per heavy atom. The monoisotopic (exact) mass is 378 g/mol. The topological polar surface area (TPSA) is 88.2 Å². The average molecular weight is 379 g/mol. The molecule has 0 aliphatic carbocycles. The minimum atomic E-state index is -0.228. The summed E-state index contributed by atoms with van der Waals surface area (Å²) in [5.41, 5.74) is 0.235. The Kier molecular flexibility index (Phi) is 4.71. The zero-order valence-electron chi connectivity index (χ0n) is 12.2. The van der Waals surface area contributed by atoms with Gasteiger partial charge in [-0.1, -0.05) is 0 Å². The molecule has 0 aromatic carbocycles. The second-order valence-electron chi connectivity index (χ2n) is 5.26. The molecule has 3 rings (SSSR count). The van der Waals surface area contributed by atoms with Crippen LogP contribution in [0, 0.1) is 0 Å². The Morgan fingerprint density at radius 2 is 2.13 bits per heavy atom. The van der Waals surface area contributed by atoms with E-state index in [4.69, 9.17) is 4.74 Å². The highest BCUT2D eigenvalue weighted by molar-refractivity contribution is 9.10. The highest BCUT2D eigenvalue weighted by Crippen LogP contribution is 2.17. The quantitative estimate of drug-likeness (QED) is 0.876. The van der Waals surface area contributed by atoms with Crippen molar-refractivity contribution in [2.24, 2.45) is 0 Å². The summed E-state index contributed by atoms with van der Waals surface area (Å²) in [4.78, 5) is 36.0. The van der Waals surface area contributed by atoms with E-state index in [1.165, 1.54) is 18.3 Å². The van der Waals surface area contributed by atoms with Crippen molar-refractivity contribution in [1.29, 1.82) is 0 Å². The highest BCUT2D eigenvalue weighted by atomic mass is 79.9. The Balaban J connectivity index is 1.65. The van der Waals surface area contributed by atoms with E-state index in [9.17, 15) is 9.59 Å². The number of piperidine rings is 1. The number of carbonyl (C=O) groups is 1. The van der Waals surface area contributed by atoms with Crippen molar-refractivity contribution < 1.29 is 9.53 Å². The Bertz CT molecular complexity index is 727. The maximum absolute atomic E-state index is 12.5. The fourth-order valence-corrected chi connectivity index (χ4v) is 2.66. The number of nitrogens with zero attached hydrogens (tertiary/aromatic N) is 3. The van der Waals surface area contributed by atoms with Crippen LogP contribution in [0.5, 0.6) is 6.01 Å². The molecule has 3 heterocycles. The molecule has 8 heteroatoms. The van der Waals surface area contributed by atoms with Crippen molar-refractivity contribution in [2.45, 2.75) is 18.9 Å². The van der Waals surface area contributed by atoms with Gasteiger partial charge < -0.3 is 14.6 Å². The number of hydrogen-bond donors (Lipinski definition) is 1. The summed E-state index contributed by atoms with van der Waals surface area (Å²) in [6.45, 7) is 1.14. The zero-order valence-corrected chi connectivity index (χ0v) is 13.8. The lowest BCUT2D eigenvalue weighted by Gasteiger charge is -2.32. The molecule has 1 N–H and O–H groups in total. The number of hydrogen-bond acceptors (Lipinski definition) is 5. The molecule has 0 saturated carbocycles. The summed E-state index contributed by atoms with van der Waals surface area (Å²) in [7, 11) is 0.